The van der Waals surface area contributed by atoms with E-state index in [4.69, 9.17) is 0 Å². The molecular formula is C8H17NO2S. The summed E-state index contributed by atoms with van der Waals surface area (Å²) in [6.07, 6.45) is 4.22. The van der Waals surface area contributed by atoms with Crippen LogP contribution in [0, 0.1) is 0 Å². The van der Waals surface area contributed by atoms with E-state index in [-0.39, 0.29) is 12.1 Å². The lowest BCUT2D eigenvalue weighted by Gasteiger charge is -2.17. The summed E-state index contributed by atoms with van der Waals surface area (Å²) >= 11 is 0. The Morgan fingerprint density at radius 1 is 1.75 bits per heavy atom. The van der Waals surface area contributed by atoms with Crippen LogP contribution in [0.4, 0.5) is 0 Å². The van der Waals surface area contributed by atoms with E-state index < -0.39 is 10.8 Å². The third-order valence-corrected chi connectivity index (χ3v) is 3.07. The van der Waals surface area contributed by atoms with Crippen molar-refractivity contribution in [1.29, 1.82) is 0 Å². The van der Waals surface area contributed by atoms with Crippen molar-refractivity contribution in [3.8, 4) is 0 Å². The lowest BCUT2D eigenvalue weighted by atomic mass is 10.1. The van der Waals surface area contributed by atoms with Crippen LogP contribution in [0.5, 0.6) is 0 Å². The zero-order chi connectivity index (χ0) is 8.97. The molecule has 0 saturated carbocycles. The maximum absolute atomic E-state index is 10.7. The topological polar surface area (TPSA) is 49.3 Å². The van der Waals surface area contributed by atoms with Crippen molar-refractivity contribution in [3.63, 3.8) is 0 Å². The van der Waals surface area contributed by atoms with Crippen LogP contribution < -0.4 is 5.32 Å². The Labute approximate surface area is 76.0 Å². The van der Waals surface area contributed by atoms with Gasteiger partial charge in [-0.05, 0) is 25.8 Å². The number of nitrogens with one attached hydrogen (secondary N) is 1. The second kappa shape index (κ2) is 4.94. The fourth-order valence-corrected chi connectivity index (χ4v) is 2.10. The molecule has 2 N–H and O–H groups in total. The predicted molar refractivity (Wildman–Crippen MR) is 50.6 cm³/mol. The van der Waals surface area contributed by atoms with E-state index in [1.807, 2.05) is 0 Å². The van der Waals surface area contributed by atoms with Crippen molar-refractivity contribution in [2.75, 3.05) is 18.6 Å². The molecule has 1 saturated heterocycles. The molecule has 1 aliphatic heterocycles. The molecule has 72 valence electrons. The molecule has 1 aliphatic rings. The van der Waals surface area contributed by atoms with Gasteiger partial charge >= 0.3 is 0 Å². The minimum atomic E-state index is -0.774. The molecule has 0 radical (unpaired) electrons. The maximum Gasteiger partial charge on any atom is 0.0701 e. The molecule has 12 heavy (non-hydrogen) atoms. The number of hydrogen-bond acceptors (Lipinski definition) is 3. The molecule has 1 fully saturated rings. The lowest BCUT2D eigenvalue weighted by molar-refractivity contribution is 0.133. The largest absolute Gasteiger partial charge is 0.391 e. The van der Waals surface area contributed by atoms with E-state index in [0.717, 1.165) is 19.4 Å². The zero-order valence-electron chi connectivity index (χ0n) is 7.45. The van der Waals surface area contributed by atoms with Gasteiger partial charge < -0.3 is 10.4 Å². The number of aliphatic hydroxyl groups excluding tert-OH is 1. The van der Waals surface area contributed by atoms with Crippen molar-refractivity contribution in [2.24, 2.45) is 0 Å². The van der Waals surface area contributed by atoms with Crippen molar-refractivity contribution in [3.05, 3.63) is 0 Å². The summed E-state index contributed by atoms with van der Waals surface area (Å²) in [7, 11) is -0.774. The van der Waals surface area contributed by atoms with Crippen LogP contribution in [0.3, 0.4) is 0 Å². The van der Waals surface area contributed by atoms with Gasteiger partial charge in [0.05, 0.1) is 6.10 Å². The molecule has 3 atom stereocenters. The molecule has 0 aromatic heterocycles. The van der Waals surface area contributed by atoms with Gasteiger partial charge in [-0.2, -0.15) is 0 Å². The van der Waals surface area contributed by atoms with Crippen LogP contribution in [-0.4, -0.2) is 40.0 Å². The van der Waals surface area contributed by atoms with Gasteiger partial charge in [0, 0.05) is 28.9 Å². The first-order chi connectivity index (χ1) is 5.70. The highest BCUT2D eigenvalue weighted by Crippen LogP contribution is 2.11. The fourth-order valence-electron chi connectivity index (χ4n) is 1.53. The summed E-state index contributed by atoms with van der Waals surface area (Å²) in [5.41, 5.74) is 0. The second-order valence-corrected chi connectivity index (χ2v) is 4.89. The SMILES string of the molecule is CS(=O)CCC(O)[C@@H]1CCCN1. The lowest BCUT2D eigenvalue weighted by Crippen LogP contribution is -2.35. The van der Waals surface area contributed by atoms with Gasteiger partial charge in [0.25, 0.3) is 0 Å². The van der Waals surface area contributed by atoms with Gasteiger partial charge in [0.15, 0.2) is 0 Å². The third kappa shape index (κ3) is 3.21. The maximum atomic E-state index is 10.7. The van der Waals surface area contributed by atoms with Crippen molar-refractivity contribution >= 4 is 10.8 Å². The molecule has 0 aromatic carbocycles. The molecule has 1 heterocycles. The van der Waals surface area contributed by atoms with Crippen molar-refractivity contribution < 1.29 is 9.32 Å². The Kier molecular flexibility index (Phi) is 4.18. The molecule has 0 aliphatic carbocycles. The van der Waals surface area contributed by atoms with Crippen molar-refractivity contribution in [2.45, 2.75) is 31.4 Å². The first-order valence-electron chi connectivity index (χ1n) is 4.41. The molecule has 0 spiro atoms. The normalized spacial score (nSPS) is 28.7. The highest BCUT2D eigenvalue weighted by Gasteiger charge is 2.22. The molecule has 3 nitrogen and oxygen atoms in total. The monoisotopic (exact) mass is 191 g/mol. The van der Waals surface area contributed by atoms with Gasteiger partial charge in [0.2, 0.25) is 0 Å². The standard InChI is InChI=1S/C8H17NO2S/c1-12(11)6-4-8(10)7-3-2-5-9-7/h7-10H,2-6H2,1H3/t7-,8?,12?/m0/s1. The quantitative estimate of drug-likeness (QED) is 0.651. The van der Waals surface area contributed by atoms with E-state index in [0.29, 0.717) is 12.2 Å². The summed E-state index contributed by atoms with van der Waals surface area (Å²) in [6.45, 7) is 1.01. The summed E-state index contributed by atoms with van der Waals surface area (Å²) in [5, 5.41) is 12.8. The number of hydrogen-bond donors (Lipinski definition) is 2. The Balaban J connectivity index is 2.17. The highest BCUT2D eigenvalue weighted by molar-refractivity contribution is 7.84. The molecule has 0 amide bonds. The first kappa shape index (κ1) is 10.2. The van der Waals surface area contributed by atoms with E-state index in [2.05, 4.69) is 5.32 Å². The zero-order valence-corrected chi connectivity index (χ0v) is 8.27. The molecule has 0 bridgehead atoms. The number of aliphatic hydroxyl groups is 1. The van der Waals surface area contributed by atoms with Crippen LogP contribution in [0.25, 0.3) is 0 Å². The smallest absolute Gasteiger partial charge is 0.0701 e. The predicted octanol–water partition coefficient (Wildman–Crippen LogP) is -0.132. The Hall–Kier alpha value is 0.0700. The molecular weight excluding hydrogens is 174 g/mol. The van der Waals surface area contributed by atoms with Crippen molar-refractivity contribution in [1.82, 2.24) is 5.32 Å². The van der Waals surface area contributed by atoms with Crippen LogP contribution in [0.15, 0.2) is 0 Å². The minimum Gasteiger partial charge on any atom is -0.391 e. The highest BCUT2D eigenvalue weighted by atomic mass is 32.2. The van der Waals surface area contributed by atoms with Crippen LogP contribution in [-0.2, 0) is 10.8 Å². The van der Waals surface area contributed by atoms with Gasteiger partial charge in [-0.15, -0.1) is 0 Å². The Morgan fingerprint density at radius 2 is 2.50 bits per heavy atom. The summed E-state index contributed by atoms with van der Waals surface area (Å²) in [5.74, 6) is 0.610. The first-order valence-corrected chi connectivity index (χ1v) is 6.14. The summed E-state index contributed by atoms with van der Waals surface area (Å²) < 4.78 is 10.7. The molecule has 0 aromatic rings. The van der Waals surface area contributed by atoms with Gasteiger partial charge in [-0.25, -0.2) is 0 Å². The van der Waals surface area contributed by atoms with Gasteiger partial charge in [0.1, 0.15) is 0 Å². The number of rotatable bonds is 4. The Bertz CT molecular complexity index is 157. The fraction of sp³-hybridized carbons (Fsp3) is 1.00. The van der Waals surface area contributed by atoms with Crippen LogP contribution in [0.2, 0.25) is 0 Å². The van der Waals surface area contributed by atoms with Crippen LogP contribution >= 0.6 is 0 Å². The summed E-state index contributed by atoms with van der Waals surface area (Å²) in [6, 6.07) is 0.244. The van der Waals surface area contributed by atoms with E-state index >= 15 is 0 Å². The average Bonchev–Trinajstić information content (AvgIpc) is 2.51. The van der Waals surface area contributed by atoms with Gasteiger partial charge in [-0.3, -0.25) is 4.21 Å². The molecule has 1 rings (SSSR count). The van der Waals surface area contributed by atoms with E-state index in [1.165, 1.54) is 0 Å². The third-order valence-electron chi connectivity index (χ3n) is 2.26. The van der Waals surface area contributed by atoms with E-state index in [1.54, 1.807) is 6.26 Å². The van der Waals surface area contributed by atoms with Crippen LogP contribution in [0.1, 0.15) is 19.3 Å². The molecule has 2 unspecified atom stereocenters. The second-order valence-electron chi connectivity index (χ2n) is 3.34. The van der Waals surface area contributed by atoms with Gasteiger partial charge in [-0.1, -0.05) is 0 Å². The summed E-state index contributed by atoms with van der Waals surface area (Å²) in [4.78, 5) is 0. The Morgan fingerprint density at radius 3 is 3.00 bits per heavy atom. The minimum absolute atomic E-state index is 0.244. The average molecular weight is 191 g/mol. The van der Waals surface area contributed by atoms with E-state index in [9.17, 15) is 9.32 Å². The molecule has 4 heteroatoms.